The fraction of sp³-hybridized carbons (Fsp3) is 0.385. The molecule has 5 nitrogen and oxygen atoms in total. The lowest BCUT2D eigenvalue weighted by molar-refractivity contribution is -0.122. The molecule has 2 amide bonds. The second-order valence-electron chi connectivity index (χ2n) is 4.11. The highest BCUT2D eigenvalue weighted by Crippen LogP contribution is 2.09. The van der Waals surface area contributed by atoms with Crippen molar-refractivity contribution in [3.63, 3.8) is 0 Å². The maximum Gasteiger partial charge on any atom is 0.237 e. The normalized spacial score (nSPS) is 11.1. The van der Waals surface area contributed by atoms with Crippen LogP contribution in [0.5, 0.6) is 0 Å². The topological polar surface area (TPSA) is 84.2 Å². The number of hydrogen-bond acceptors (Lipinski definition) is 3. The van der Waals surface area contributed by atoms with Gasteiger partial charge in [-0.15, -0.1) is 12.4 Å². The van der Waals surface area contributed by atoms with Crippen LogP contribution >= 0.6 is 12.4 Å². The van der Waals surface area contributed by atoms with Gasteiger partial charge in [-0.3, -0.25) is 9.59 Å². The van der Waals surface area contributed by atoms with Gasteiger partial charge in [-0.2, -0.15) is 0 Å². The van der Waals surface area contributed by atoms with Gasteiger partial charge in [-0.1, -0.05) is 19.1 Å². The standard InChI is InChI=1S/C13H19N3O2.ClH/c1-3-12(14)13(18)15-8-10-4-6-11(7-5-10)16-9(2)17;/h4-7,12H,3,8,14H2,1-2H3,(H,15,18)(H,16,17);1H/t12-;/m0./s1. The Kier molecular flexibility index (Phi) is 7.79. The van der Waals surface area contributed by atoms with Crippen LogP contribution in [0.1, 0.15) is 25.8 Å². The smallest absolute Gasteiger partial charge is 0.237 e. The van der Waals surface area contributed by atoms with Crippen molar-refractivity contribution in [1.29, 1.82) is 0 Å². The summed E-state index contributed by atoms with van der Waals surface area (Å²) in [5.41, 5.74) is 7.30. The van der Waals surface area contributed by atoms with Crippen molar-refractivity contribution in [1.82, 2.24) is 5.32 Å². The van der Waals surface area contributed by atoms with Crippen LogP contribution in [0, 0.1) is 0 Å². The summed E-state index contributed by atoms with van der Waals surface area (Å²) < 4.78 is 0. The zero-order valence-electron chi connectivity index (χ0n) is 11.1. The Balaban J connectivity index is 0.00000324. The molecule has 0 heterocycles. The molecule has 19 heavy (non-hydrogen) atoms. The molecule has 4 N–H and O–H groups in total. The van der Waals surface area contributed by atoms with Crippen LogP contribution in [0.2, 0.25) is 0 Å². The summed E-state index contributed by atoms with van der Waals surface area (Å²) in [7, 11) is 0. The quantitative estimate of drug-likeness (QED) is 0.765. The van der Waals surface area contributed by atoms with E-state index in [1.807, 2.05) is 19.1 Å². The van der Waals surface area contributed by atoms with Gasteiger partial charge in [0, 0.05) is 19.2 Å². The van der Waals surface area contributed by atoms with Crippen LogP contribution < -0.4 is 16.4 Å². The minimum atomic E-state index is -0.455. The van der Waals surface area contributed by atoms with Gasteiger partial charge in [0.25, 0.3) is 0 Å². The number of halogens is 1. The molecule has 1 atom stereocenters. The van der Waals surface area contributed by atoms with E-state index >= 15 is 0 Å². The molecule has 0 fully saturated rings. The number of anilines is 1. The first-order chi connectivity index (χ1) is 8.52. The molecule has 106 valence electrons. The van der Waals surface area contributed by atoms with E-state index in [4.69, 9.17) is 5.73 Å². The molecule has 0 unspecified atom stereocenters. The number of carbonyl (C=O) groups is 2. The number of rotatable bonds is 5. The third-order valence-corrected chi connectivity index (χ3v) is 2.52. The Labute approximate surface area is 119 Å². The Hall–Kier alpha value is -1.59. The van der Waals surface area contributed by atoms with Gasteiger partial charge in [-0.25, -0.2) is 0 Å². The molecule has 0 bridgehead atoms. The lowest BCUT2D eigenvalue weighted by Crippen LogP contribution is -2.39. The second kappa shape index (κ2) is 8.50. The van der Waals surface area contributed by atoms with Crippen molar-refractivity contribution in [2.45, 2.75) is 32.9 Å². The molecule has 0 saturated heterocycles. The fourth-order valence-electron chi connectivity index (χ4n) is 1.41. The van der Waals surface area contributed by atoms with E-state index in [1.54, 1.807) is 12.1 Å². The van der Waals surface area contributed by atoms with Crippen molar-refractivity contribution < 1.29 is 9.59 Å². The van der Waals surface area contributed by atoms with E-state index in [2.05, 4.69) is 10.6 Å². The summed E-state index contributed by atoms with van der Waals surface area (Å²) in [6.07, 6.45) is 0.618. The number of nitrogens with two attached hydrogens (primary N) is 1. The average molecular weight is 286 g/mol. The van der Waals surface area contributed by atoms with Crippen molar-refractivity contribution in [3.8, 4) is 0 Å². The molecular weight excluding hydrogens is 266 g/mol. The first-order valence-corrected chi connectivity index (χ1v) is 5.92. The third-order valence-electron chi connectivity index (χ3n) is 2.52. The summed E-state index contributed by atoms with van der Waals surface area (Å²) >= 11 is 0. The largest absolute Gasteiger partial charge is 0.351 e. The van der Waals surface area contributed by atoms with E-state index in [0.717, 1.165) is 11.3 Å². The maximum atomic E-state index is 11.5. The van der Waals surface area contributed by atoms with Gasteiger partial charge in [0.1, 0.15) is 0 Å². The van der Waals surface area contributed by atoms with Gasteiger partial charge in [0.2, 0.25) is 11.8 Å². The Bertz CT molecular complexity index is 420. The predicted octanol–water partition coefficient (Wildman–Crippen LogP) is 1.42. The first kappa shape index (κ1) is 17.4. The van der Waals surface area contributed by atoms with Crippen molar-refractivity contribution >= 4 is 29.9 Å². The van der Waals surface area contributed by atoms with E-state index in [0.29, 0.717) is 13.0 Å². The van der Waals surface area contributed by atoms with E-state index in [9.17, 15) is 9.59 Å². The molecule has 0 aliphatic heterocycles. The number of carbonyl (C=O) groups excluding carboxylic acids is 2. The second-order valence-corrected chi connectivity index (χ2v) is 4.11. The molecule has 0 aliphatic rings. The Morgan fingerprint density at radius 2 is 1.84 bits per heavy atom. The summed E-state index contributed by atoms with van der Waals surface area (Å²) in [4.78, 5) is 22.3. The van der Waals surface area contributed by atoms with Gasteiger partial charge in [-0.05, 0) is 24.1 Å². The minimum absolute atomic E-state index is 0. The monoisotopic (exact) mass is 285 g/mol. The van der Waals surface area contributed by atoms with Crippen LogP contribution in [0.15, 0.2) is 24.3 Å². The highest BCUT2D eigenvalue weighted by molar-refractivity contribution is 5.88. The van der Waals surface area contributed by atoms with Gasteiger partial charge in [0.15, 0.2) is 0 Å². The van der Waals surface area contributed by atoms with Crippen LogP contribution in [-0.2, 0) is 16.1 Å². The third kappa shape index (κ3) is 6.22. The Morgan fingerprint density at radius 1 is 1.26 bits per heavy atom. The van der Waals surface area contributed by atoms with E-state index < -0.39 is 6.04 Å². The number of amides is 2. The minimum Gasteiger partial charge on any atom is -0.351 e. The van der Waals surface area contributed by atoms with E-state index in [1.165, 1.54) is 6.92 Å². The highest BCUT2D eigenvalue weighted by Gasteiger charge is 2.09. The van der Waals surface area contributed by atoms with Gasteiger partial charge in [0.05, 0.1) is 6.04 Å². The highest BCUT2D eigenvalue weighted by atomic mass is 35.5. The SMILES string of the molecule is CC[C@H](N)C(=O)NCc1ccc(NC(C)=O)cc1.Cl. The van der Waals surface area contributed by atoms with Crippen molar-refractivity contribution in [2.24, 2.45) is 5.73 Å². The molecule has 0 radical (unpaired) electrons. The number of hydrogen-bond donors (Lipinski definition) is 3. The maximum absolute atomic E-state index is 11.5. The predicted molar refractivity (Wildman–Crippen MR) is 78.1 cm³/mol. The fourth-order valence-corrected chi connectivity index (χ4v) is 1.41. The average Bonchev–Trinajstić information content (AvgIpc) is 2.36. The van der Waals surface area contributed by atoms with Crippen LogP contribution in [-0.4, -0.2) is 17.9 Å². The first-order valence-electron chi connectivity index (χ1n) is 5.92. The molecule has 0 saturated carbocycles. The zero-order chi connectivity index (χ0) is 13.5. The van der Waals surface area contributed by atoms with Crippen molar-refractivity contribution in [2.75, 3.05) is 5.32 Å². The molecule has 6 heteroatoms. The lowest BCUT2D eigenvalue weighted by Gasteiger charge is -2.10. The molecule has 1 aromatic carbocycles. The summed E-state index contributed by atoms with van der Waals surface area (Å²) in [6.45, 7) is 3.76. The van der Waals surface area contributed by atoms with Crippen LogP contribution in [0.4, 0.5) is 5.69 Å². The van der Waals surface area contributed by atoms with Crippen LogP contribution in [0.3, 0.4) is 0 Å². The van der Waals surface area contributed by atoms with Gasteiger partial charge >= 0.3 is 0 Å². The molecule has 0 aliphatic carbocycles. The van der Waals surface area contributed by atoms with Crippen LogP contribution in [0.25, 0.3) is 0 Å². The molecule has 1 aromatic rings. The molecule has 0 spiro atoms. The van der Waals surface area contributed by atoms with E-state index in [-0.39, 0.29) is 24.2 Å². The van der Waals surface area contributed by atoms with Gasteiger partial charge < -0.3 is 16.4 Å². The summed E-state index contributed by atoms with van der Waals surface area (Å²) in [6, 6.07) is 6.83. The Morgan fingerprint density at radius 3 is 2.32 bits per heavy atom. The zero-order valence-corrected chi connectivity index (χ0v) is 11.9. The lowest BCUT2D eigenvalue weighted by atomic mass is 10.2. The number of nitrogens with one attached hydrogen (secondary N) is 2. The molecule has 1 rings (SSSR count). The molecular formula is C13H20ClN3O2. The summed E-state index contributed by atoms with van der Waals surface area (Å²) in [5, 5.41) is 5.44. The molecule has 0 aromatic heterocycles. The summed E-state index contributed by atoms with van der Waals surface area (Å²) in [5.74, 6) is -0.256. The van der Waals surface area contributed by atoms with Crippen molar-refractivity contribution in [3.05, 3.63) is 29.8 Å². The number of benzene rings is 1.